The van der Waals surface area contributed by atoms with Gasteiger partial charge in [-0.2, -0.15) is 5.10 Å². The van der Waals surface area contributed by atoms with Crippen molar-refractivity contribution in [1.82, 2.24) is 19.7 Å². The van der Waals surface area contributed by atoms with Gasteiger partial charge in [0.25, 0.3) is 0 Å². The first-order valence-electron chi connectivity index (χ1n) is 10.3. The van der Waals surface area contributed by atoms with Gasteiger partial charge in [-0.1, -0.05) is 34.7 Å². The first-order valence-corrected chi connectivity index (χ1v) is 12.9. The van der Waals surface area contributed by atoms with Crippen molar-refractivity contribution in [3.05, 3.63) is 51.5 Å². The molecule has 37 heavy (non-hydrogen) atoms. The predicted molar refractivity (Wildman–Crippen MR) is 140 cm³/mol. The highest BCUT2D eigenvalue weighted by molar-refractivity contribution is 8.01. The molecule has 0 atom stereocenters. The lowest BCUT2D eigenvalue weighted by Crippen LogP contribution is -2.20. The third kappa shape index (κ3) is 6.69. The van der Waals surface area contributed by atoms with E-state index in [0.717, 1.165) is 11.3 Å². The second kappa shape index (κ2) is 11.8. The van der Waals surface area contributed by atoms with E-state index in [9.17, 15) is 19.2 Å². The van der Waals surface area contributed by atoms with E-state index >= 15 is 0 Å². The maximum absolute atomic E-state index is 13.5. The van der Waals surface area contributed by atoms with E-state index in [1.54, 1.807) is 0 Å². The average molecular weight is 583 g/mol. The minimum absolute atomic E-state index is 0.0296. The summed E-state index contributed by atoms with van der Waals surface area (Å²) in [5, 5.41) is 28.4. The number of benzene rings is 2. The molecule has 2 aromatic carbocycles. The van der Waals surface area contributed by atoms with Crippen LogP contribution in [-0.2, 0) is 16.1 Å². The molecule has 11 nitrogen and oxygen atoms in total. The van der Waals surface area contributed by atoms with Crippen LogP contribution in [0.5, 0.6) is 5.75 Å². The van der Waals surface area contributed by atoms with Gasteiger partial charge >= 0.3 is 5.97 Å². The largest absolute Gasteiger partial charge is 0.481 e. The molecule has 0 unspecified atom stereocenters. The summed E-state index contributed by atoms with van der Waals surface area (Å²) in [6.45, 7) is -0.234. The average Bonchev–Trinajstić information content (AvgIpc) is 3.19. The molecule has 0 radical (unpaired) electrons. The summed E-state index contributed by atoms with van der Waals surface area (Å²) in [5.41, 5.74) is 0.972. The molecule has 0 aliphatic heterocycles. The molecule has 0 bridgehead atoms. The van der Waals surface area contributed by atoms with Gasteiger partial charge in [-0.3, -0.25) is 9.59 Å². The van der Waals surface area contributed by atoms with Crippen LogP contribution in [-0.4, -0.2) is 47.7 Å². The third-order valence-electron chi connectivity index (χ3n) is 4.71. The van der Waals surface area contributed by atoms with Gasteiger partial charge in [0, 0.05) is 22.9 Å². The van der Waals surface area contributed by atoms with Crippen molar-refractivity contribution in [2.75, 3.05) is 16.4 Å². The first-order chi connectivity index (χ1) is 17.7. The van der Waals surface area contributed by atoms with Crippen molar-refractivity contribution in [3.8, 4) is 5.75 Å². The van der Waals surface area contributed by atoms with Gasteiger partial charge in [-0.25, -0.2) is 24.3 Å². The number of hydrogen-bond donors (Lipinski definition) is 4. The maximum Gasteiger partial charge on any atom is 0.304 e. The Labute approximate surface area is 226 Å². The molecule has 0 aliphatic rings. The zero-order valence-corrected chi connectivity index (χ0v) is 21.7. The standard InChI is InChI=1S/C21H16ClFN6O5S3/c22-12-5-10(1-2-13(12)23)26-19-11-6-15(16(34-33)7-14(11)24-9-25-19)27-17(30)8-29-21(35)37-20(28-29)36-4-3-18(31)32/h1-2,5-7,9,33H,3-4,8H2,(H,27,30)(H,31,32)(H,24,25,26). The summed E-state index contributed by atoms with van der Waals surface area (Å²) in [6.07, 6.45) is 1.25. The second-order valence-electron chi connectivity index (χ2n) is 7.26. The minimum atomic E-state index is -0.919. The van der Waals surface area contributed by atoms with Gasteiger partial charge in [0.2, 0.25) is 5.91 Å². The number of halogens is 2. The smallest absolute Gasteiger partial charge is 0.304 e. The van der Waals surface area contributed by atoms with Crippen LogP contribution in [0.1, 0.15) is 6.42 Å². The molecular weight excluding hydrogens is 567 g/mol. The molecule has 2 heterocycles. The van der Waals surface area contributed by atoms with Crippen molar-refractivity contribution < 1.29 is 29.2 Å². The van der Waals surface area contributed by atoms with Gasteiger partial charge in [-0.05, 0) is 36.5 Å². The molecule has 0 saturated carbocycles. The summed E-state index contributed by atoms with van der Waals surface area (Å²) in [7, 11) is 0. The van der Waals surface area contributed by atoms with Crippen LogP contribution >= 0.6 is 46.9 Å². The molecule has 4 aromatic rings. The fourth-order valence-corrected chi connectivity index (χ4v) is 5.57. The molecule has 4 rings (SSSR count). The lowest BCUT2D eigenvalue weighted by Gasteiger charge is -2.13. The fourth-order valence-electron chi connectivity index (χ4n) is 3.06. The first kappa shape index (κ1) is 26.7. The summed E-state index contributed by atoms with van der Waals surface area (Å²) in [4.78, 5) is 36.2. The molecular formula is C21H16ClFN6O5S3. The Hall–Kier alpha value is -3.37. The maximum atomic E-state index is 13.5. The van der Waals surface area contributed by atoms with E-state index in [1.165, 1.54) is 53.1 Å². The number of carboxylic acid groups (broad SMARTS) is 1. The van der Waals surface area contributed by atoms with E-state index in [1.807, 2.05) is 0 Å². The Balaban J connectivity index is 1.55. The Kier molecular flexibility index (Phi) is 8.50. The van der Waals surface area contributed by atoms with Gasteiger partial charge in [-0.15, -0.1) is 0 Å². The van der Waals surface area contributed by atoms with E-state index in [2.05, 4.69) is 30.6 Å². The molecule has 4 N–H and O–H groups in total. The molecule has 2 aromatic heterocycles. The number of carbonyl (C=O) groups is 2. The Bertz CT molecular complexity index is 1550. The summed E-state index contributed by atoms with van der Waals surface area (Å²) in [5.74, 6) is -1.42. The highest BCUT2D eigenvalue weighted by Crippen LogP contribution is 2.33. The van der Waals surface area contributed by atoms with E-state index < -0.39 is 17.7 Å². The van der Waals surface area contributed by atoms with Crippen molar-refractivity contribution in [3.63, 3.8) is 0 Å². The highest BCUT2D eigenvalue weighted by Gasteiger charge is 2.16. The second-order valence-corrected chi connectivity index (χ2v) is 10.6. The van der Waals surface area contributed by atoms with Gasteiger partial charge in [0.1, 0.15) is 24.5 Å². The van der Waals surface area contributed by atoms with Crippen molar-refractivity contribution in [1.29, 1.82) is 0 Å². The monoisotopic (exact) mass is 582 g/mol. The normalized spacial score (nSPS) is 10.9. The number of nitrogens with zero attached hydrogens (tertiary/aromatic N) is 4. The molecule has 192 valence electrons. The number of nitrogens with one attached hydrogen (secondary N) is 2. The van der Waals surface area contributed by atoms with Gasteiger partial charge in [0.05, 0.1) is 22.6 Å². The van der Waals surface area contributed by atoms with Crippen molar-refractivity contribution in [2.45, 2.75) is 17.3 Å². The topological polar surface area (TPSA) is 151 Å². The summed E-state index contributed by atoms with van der Waals surface area (Å²) < 4.78 is 15.7. The number of amides is 1. The van der Waals surface area contributed by atoms with Crippen molar-refractivity contribution >= 4 is 86.9 Å². The SMILES string of the molecule is O=C(O)CCSc1nn(CC(=O)Nc2cc3c(Nc4ccc(F)c(Cl)c4)ncnc3cc2OO)c(=S)s1. The molecule has 1 amide bonds. The summed E-state index contributed by atoms with van der Waals surface area (Å²) >= 11 is 13.5. The fraction of sp³-hybridized carbons (Fsp3) is 0.143. The number of hydrogen-bond acceptors (Lipinski definition) is 11. The van der Waals surface area contributed by atoms with Crippen LogP contribution < -0.4 is 15.5 Å². The molecule has 0 aliphatic carbocycles. The summed E-state index contributed by atoms with van der Waals surface area (Å²) in [6, 6.07) is 6.98. The number of aliphatic carboxylic acids is 1. The van der Waals surface area contributed by atoms with Crippen LogP contribution in [0.4, 0.5) is 21.6 Å². The minimum Gasteiger partial charge on any atom is -0.481 e. The molecule has 0 saturated heterocycles. The van der Waals surface area contributed by atoms with Gasteiger partial charge < -0.3 is 20.6 Å². The lowest BCUT2D eigenvalue weighted by atomic mass is 10.2. The van der Waals surface area contributed by atoms with Crippen LogP contribution in [0, 0.1) is 9.77 Å². The Morgan fingerprint density at radius 2 is 2.08 bits per heavy atom. The molecule has 0 fully saturated rings. The number of fused-ring (bicyclic) bond motifs is 1. The van der Waals surface area contributed by atoms with E-state index in [4.69, 9.17) is 28.9 Å². The van der Waals surface area contributed by atoms with E-state index in [-0.39, 0.29) is 29.4 Å². The predicted octanol–water partition coefficient (Wildman–Crippen LogP) is 5.21. The zero-order chi connectivity index (χ0) is 26.5. The number of aromatic nitrogens is 4. The van der Waals surface area contributed by atoms with Crippen molar-refractivity contribution in [2.24, 2.45) is 0 Å². The number of carboxylic acids is 1. The lowest BCUT2D eigenvalue weighted by molar-refractivity contribution is -0.137. The number of thioether (sulfide) groups is 1. The number of carbonyl (C=O) groups excluding carboxylic acids is 1. The molecule has 0 spiro atoms. The Morgan fingerprint density at radius 3 is 2.81 bits per heavy atom. The molecule has 16 heteroatoms. The van der Waals surface area contributed by atoms with Crippen LogP contribution in [0.3, 0.4) is 0 Å². The quantitative estimate of drug-likeness (QED) is 0.0843. The Morgan fingerprint density at radius 1 is 1.27 bits per heavy atom. The number of anilines is 3. The van der Waals surface area contributed by atoms with E-state index in [0.29, 0.717) is 36.5 Å². The highest BCUT2D eigenvalue weighted by atomic mass is 35.5. The van der Waals surface area contributed by atoms with Gasteiger partial charge in [0.15, 0.2) is 14.0 Å². The van der Waals surface area contributed by atoms with Crippen LogP contribution in [0.15, 0.2) is 41.0 Å². The van der Waals surface area contributed by atoms with Crippen LogP contribution in [0.25, 0.3) is 10.9 Å². The number of rotatable bonds is 10. The zero-order valence-electron chi connectivity index (χ0n) is 18.5. The third-order valence-corrected chi connectivity index (χ3v) is 7.45. The van der Waals surface area contributed by atoms with Crippen LogP contribution in [0.2, 0.25) is 5.02 Å².